The zero-order valence-corrected chi connectivity index (χ0v) is 17.9. The summed E-state index contributed by atoms with van der Waals surface area (Å²) in [6.45, 7) is 0.852. The van der Waals surface area contributed by atoms with Crippen LogP contribution in [0.5, 0.6) is 0 Å². The first kappa shape index (κ1) is 23.2. The van der Waals surface area contributed by atoms with E-state index in [0.29, 0.717) is 11.3 Å². The molecule has 0 unspecified atom stereocenters. The van der Waals surface area contributed by atoms with Crippen LogP contribution in [0.25, 0.3) is 28.4 Å². The van der Waals surface area contributed by atoms with Gasteiger partial charge in [0.15, 0.2) is 0 Å². The van der Waals surface area contributed by atoms with Gasteiger partial charge in [-0.25, -0.2) is 9.97 Å². The summed E-state index contributed by atoms with van der Waals surface area (Å²) in [7, 11) is 3.97. The molecule has 3 heterocycles. The lowest BCUT2D eigenvalue weighted by atomic mass is 10.1. The second kappa shape index (κ2) is 9.77. The van der Waals surface area contributed by atoms with Crippen molar-refractivity contribution >= 4 is 28.8 Å². The minimum Gasteiger partial charge on any atom is -0.357 e. The smallest absolute Gasteiger partial charge is 0.357 e. The fourth-order valence-corrected chi connectivity index (χ4v) is 2.92. The van der Waals surface area contributed by atoms with Gasteiger partial charge in [-0.1, -0.05) is 12.2 Å². The van der Waals surface area contributed by atoms with Gasteiger partial charge in [-0.3, -0.25) is 9.78 Å². The number of halogens is 3. The Kier molecular flexibility index (Phi) is 7.08. The number of alkyl halides is 3. The molecule has 0 saturated carbocycles. The Hall–Kier alpha value is -3.47. The molecule has 11 heteroatoms. The summed E-state index contributed by atoms with van der Waals surface area (Å²) in [6.07, 6.45) is 6.03. The maximum absolute atomic E-state index is 12.3. The predicted octanol–water partition coefficient (Wildman–Crippen LogP) is 3.07. The number of hydrogen-bond acceptors (Lipinski definition) is 6. The fourth-order valence-electron chi connectivity index (χ4n) is 2.92. The predicted molar refractivity (Wildman–Crippen MR) is 117 cm³/mol. The molecule has 0 saturated heterocycles. The second-order valence-electron chi connectivity index (χ2n) is 7.52. The lowest BCUT2D eigenvalue weighted by molar-refractivity contribution is -0.138. The van der Waals surface area contributed by atoms with Crippen molar-refractivity contribution in [1.82, 2.24) is 30.2 Å². The number of aromatic nitrogens is 4. The van der Waals surface area contributed by atoms with Crippen LogP contribution in [0, 0.1) is 0 Å². The monoisotopic (exact) mass is 447 g/mol. The van der Waals surface area contributed by atoms with Crippen molar-refractivity contribution in [3.05, 3.63) is 42.5 Å². The minimum atomic E-state index is -4.47. The number of fused-ring (bicyclic) bond motifs is 1. The highest BCUT2D eigenvalue weighted by atomic mass is 19.4. The van der Waals surface area contributed by atoms with E-state index in [9.17, 15) is 18.0 Å². The third-order valence-corrected chi connectivity index (χ3v) is 4.46. The summed E-state index contributed by atoms with van der Waals surface area (Å²) in [5, 5.41) is 5.47. The van der Waals surface area contributed by atoms with E-state index >= 15 is 0 Å². The highest BCUT2D eigenvalue weighted by Crippen LogP contribution is 2.27. The SMILES string of the molecule is C[C@@H](Nc1cncc(-c2c[nH]c3ncc(/C=C/CN(C)C)cc23)n1)C(=O)NCC(F)(F)F. The summed E-state index contributed by atoms with van der Waals surface area (Å²) in [4.78, 5) is 30.1. The van der Waals surface area contributed by atoms with Crippen LogP contribution in [0.4, 0.5) is 19.0 Å². The van der Waals surface area contributed by atoms with Crippen molar-refractivity contribution < 1.29 is 18.0 Å². The molecule has 0 aliphatic carbocycles. The summed E-state index contributed by atoms with van der Waals surface area (Å²) < 4.78 is 36.9. The van der Waals surface area contributed by atoms with E-state index in [0.717, 1.165) is 23.1 Å². The lowest BCUT2D eigenvalue weighted by Crippen LogP contribution is -2.42. The van der Waals surface area contributed by atoms with Crippen molar-refractivity contribution in [1.29, 1.82) is 0 Å². The molecule has 0 spiro atoms. The van der Waals surface area contributed by atoms with Crippen molar-refractivity contribution in [2.75, 3.05) is 32.5 Å². The van der Waals surface area contributed by atoms with Crippen LogP contribution in [0.15, 0.2) is 36.9 Å². The van der Waals surface area contributed by atoms with Crippen LogP contribution in [-0.4, -0.2) is 70.1 Å². The molecule has 32 heavy (non-hydrogen) atoms. The number of aromatic amines is 1. The summed E-state index contributed by atoms with van der Waals surface area (Å²) >= 11 is 0. The topological polar surface area (TPSA) is 98.8 Å². The van der Waals surface area contributed by atoms with Gasteiger partial charge < -0.3 is 20.5 Å². The normalized spacial score (nSPS) is 13.1. The van der Waals surface area contributed by atoms with Crippen LogP contribution < -0.4 is 10.6 Å². The van der Waals surface area contributed by atoms with E-state index in [1.165, 1.54) is 13.1 Å². The Balaban J connectivity index is 1.78. The number of carbonyl (C=O) groups is 1. The van der Waals surface area contributed by atoms with Crippen LogP contribution in [-0.2, 0) is 4.79 Å². The molecule has 0 bridgehead atoms. The van der Waals surface area contributed by atoms with Gasteiger partial charge in [0.2, 0.25) is 5.91 Å². The molecule has 170 valence electrons. The average molecular weight is 447 g/mol. The van der Waals surface area contributed by atoms with E-state index in [1.54, 1.807) is 18.6 Å². The third kappa shape index (κ3) is 6.27. The van der Waals surface area contributed by atoms with Gasteiger partial charge in [-0.15, -0.1) is 0 Å². The number of amides is 1. The van der Waals surface area contributed by atoms with E-state index in [1.807, 2.05) is 42.5 Å². The maximum Gasteiger partial charge on any atom is 0.405 e. The molecule has 1 amide bonds. The Labute approximate surface area is 183 Å². The molecule has 3 aromatic heterocycles. The maximum atomic E-state index is 12.3. The largest absolute Gasteiger partial charge is 0.405 e. The van der Waals surface area contributed by atoms with Crippen LogP contribution in [0.1, 0.15) is 12.5 Å². The molecule has 0 aliphatic heterocycles. The van der Waals surface area contributed by atoms with Gasteiger partial charge in [-0.05, 0) is 32.6 Å². The number of rotatable bonds is 8. The zero-order valence-electron chi connectivity index (χ0n) is 17.9. The number of anilines is 1. The van der Waals surface area contributed by atoms with E-state index in [-0.39, 0.29) is 5.82 Å². The Morgan fingerprint density at radius 2 is 2.06 bits per heavy atom. The van der Waals surface area contributed by atoms with Gasteiger partial charge in [0.25, 0.3) is 0 Å². The molecule has 0 aliphatic rings. The zero-order chi connectivity index (χ0) is 23.3. The molecule has 1 atom stereocenters. The Morgan fingerprint density at radius 1 is 1.28 bits per heavy atom. The molecule has 3 aromatic rings. The van der Waals surface area contributed by atoms with Gasteiger partial charge >= 0.3 is 6.18 Å². The molecule has 3 rings (SSSR count). The van der Waals surface area contributed by atoms with Crippen LogP contribution >= 0.6 is 0 Å². The molecule has 3 N–H and O–H groups in total. The molecular weight excluding hydrogens is 423 g/mol. The summed E-state index contributed by atoms with van der Waals surface area (Å²) in [5.41, 5.74) is 2.91. The van der Waals surface area contributed by atoms with Crippen molar-refractivity contribution in [3.63, 3.8) is 0 Å². The number of nitrogens with one attached hydrogen (secondary N) is 3. The number of carbonyl (C=O) groups excluding carboxylic acids is 1. The van der Waals surface area contributed by atoms with Crippen molar-refractivity contribution in [2.24, 2.45) is 0 Å². The molecule has 0 aromatic carbocycles. The van der Waals surface area contributed by atoms with Gasteiger partial charge in [-0.2, -0.15) is 13.2 Å². The van der Waals surface area contributed by atoms with E-state index in [4.69, 9.17) is 0 Å². The van der Waals surface area contributed by atoms with Gasteiger partial charge in [0.05, 0.1) is 18.1 Å². The lowest BCUT2D eigenvalue weighted by Gasteiger charge is -2.15. The number of nitrogens with zero attached hydrogens (tertiary/aromatic N) is 4. The molecule has 0 fully saturated rings. The first-order valence-electron chi connectivity index (χ1n) is 9.84. The van der Waals surface area contributed by atoms with E-state index in [2.05, 4.69) is 25.3 Å². The average Bonchev–Trinajstić information content (AvgIpc) is 3.14. The van der Waals surface area contributed by atoms with Crippen molar-refractivity contribution in [3.8, 4) is 11.3 Å². The Morgan fingerprint density at radius 3 is 2.78 bits per heavy atom. The number of H-pyrrole nitrogens is 1. The fraction of sp³-hybridized carbons (Fsp3) is 0.333. The summed E-state index contributed by atoms with van der Waals surface area (Å²) in [6, 6.07) is 1.05. The van der Waals surface area contributed by atoms with E-state index < -0.39 is 24.7 Å². The number of hydrogen-bond donors (Lipinski definition) is 3. The van der Waals surface area contributed by atoms with Gasteiger partial charge in [0.1, 0.15) is 24.1 Å². The molecular formula is C21H24F3N7O. The highest BCUT2D eigenvalue weighted by Gasteiger charge is 2.28. The highest BCUT2D eigenvalue weighted by molar-refractivity contribution is 5.93. The number of pyridine rings is 1. The van der Waals surface area contributed by atoms with Gasteiger partial charge in [0, 0.05) is 29.9 Å². The van der Waals surface area contributed by atoms with Crippen molar-refractivity contribution in [2.45, 2.75) is 19.1 Å². The minimum absolute atomic E-state index is 0.265. The Bertz CT molecular complexity index is 1110. The third-order valence-electron chi connectivity index (χ3n) is 4.46. The molecule has 8 nitrogen and oxygen atoms in total. The first-order chi connectivity index (χ1) is 15.1. The number of likely N-dealkylation sites (N-methyl/N-ethyl adjacent to an activating group) is 1. The first-order valence-corrected chi connectivity index (χ1v) is 9.84. The summed E-state index contributed by atoms with van der Waals surface area (Å²) in [5.74, 6) is -0.526. The van der Waals surface area contributed by atoms with Crippen LogP contribution in [0.2, 0.25) is 0 Å². The van der Waals surface area contributed by atoms with Crippen LogP contribution in [0.3, 0.4) is 0 Å². The standard InChI is InChI=1S/C21H24F3N7O/c1-13(20(32)28-12-21(22,23)24)29-18-11-25-10-17(30-18)16-9-27-19-15(16)7-14(8-26-19)5-4-6-31(2)3/h4-5,7-11,13H,6,12H2,1-3H3,(H,26,27)(H,28,32)(H,29,30)/b5-4+/t13-/m1/s1. The quantitative estimate of drug-likeness (QED) is 0.491. The second-order valence-corrected chi connectivity index (χ2v) is 7.52. The molecule has 0 radical (unpaired) electrons.